The van der Waals surface area contributed by atoms with Crippen molar-refractivity contribution < 1.29 is 0 Å². The second-order valence-corrected chi connectivity index (χ2v) is 5.93. The van der Waals surface area contributed by atoms with Crippen molar-refractivity contribution in [2.24, 2.45) is 5.92 Å². The van der Waals surface area contributed by atoms with Gasteiger partial charge in [-0.1, -0.05) is 58.0 Å². The zero-order chi connectivity index (χ0) is 14.8. The van der Waals surface area contributed by atoms with E-state index in [0.29, 0.717) is 6.04 Å². The standard InChI is InChI=1S/C18H32N2/c1-5-20(6-2)14-10-13-19-18(15-16(3)4)17-11-8-7-9-12-17/h7-9,11-12,16,18-19H,5-6,10,13-15H2,1-4H3. The maximum atomic E-state index is 3.74. The molecule has 1 N–H and O–H groups in total. The van der Waals surface area contributed by atoms with Crippen LogP contribution in [0.2, 0.25) is 0 Å². The number of benzene rings is 1. The summed E-state index contributed by atoms with van der Waals surface area (Å²) in [6.07, 6.45) is 2.43. The molecular weight excluding hydrogens is 244 g/mol. The van der Waals surface area contributed by atoms with Crippen LogP contribution in [0.25, 0.3) is 0 Å². The van der Waals surface area contributed by atoms with Crippen molar-refractivity contribution in [2.75, 3.05) is 26.2 Å². The Balaban J connectivity index is 2.42. The zero-order valence-electron chi connectivity index (χ0n) is 13.7. The molecule has 0 aliphatic rings. The highest BCUT2D eigenvalue weighted by Crippen LogP contribution is 2.20. The van der Waals surface area contributed by atoms with E-state index in [1.54, 1.807) is 0 Å². The zero-order valence-corrected chi connectivity index (χ0v) is 13.7. The van der Waals surface area contributed by atoms with Crippen LogP contribution in [0.5, 0.6) is 0 Å². The van der Waals surface area contributed by atoms with Crippen molar-refractivity contribution in [3.63, 3.8) is 0 Å². The highest BCUT2D eigenvalue weighted by Gasteiger charge is 2.12. The van der Waals surface area contributed by atoms with Gasteiger partial charge in [0, 0.05) is 6.04 Å². The molecule has 0 heterocycles. The Morgan fingerprint density at radius 1 is 1.05 bits per heavy atom. The van der Waals surface area contributed by atoms with Gasteiger partial charge in [0.2, 0.25) is 0 Å². The van der Waals surface area contributed by atoms with Crippen LogP contribution in [-0.2, 0) is 0 Å². The Morgan fingerprint density at radius 2 is 1.70 bits per heavy atom. The van der Waals surface area contributed by atoms with Crippen molar-refractivity contribution >= 4 is 0 Å². The molecule has 1 atom stereocenters. The third kappa shape index (κ3) is 6.53. The molecule has 1 aromatic rings. The van der Waals surface area contributed by atoms with Crippen molar-refractivity contribution in [3.8, 4) is 0 Å². The molecule has 0 amide bonds. The Hall–Kier alpha value is -0.860. The number of rotatable bonds is 10. The first-order valence-corrected chi connectivity index (χ1v) is 8.18. The van der Waals surface area contributed by atoms with E-state index in [-0.39, 0.29) is 0 Å². The minimum Gasteiger partial charge on any atom is -0.310 e. The minimum atomic E-state index is 0.493. The predicted molar refractivity (Wildman–Crippen MR) is 89.0 cm³/mol. The van der Waals surface area contributed by atoms with Crippen LogP contribution in [0.15, 0.2) is 30.3 Å². The van der Waals surface area contributed by atoms with E-state index >= 15 is 0 Å². The van der Waals surface area contributed by atoms with E-state index < -0.39 is 0 Å². The molecule has 2 heteroatoms. The molecule has 114 valence electrons. The third-order valence-electron chi connectivity index (χ3n) is 3.85. The van der Waals surface area contributed by atoms with E-state index in [2.05, 4.69) is 68.2 Å². The van der Waals surface area contributed by atoms with Gasteiger partial charge < -0.3 is 10.2 Å². The highest BCUT2D eigenvalue weighted by atomic mass is 15.1. The summed E-state index contributed by atoms with van der Waals surface area (Å²) in [7, 11) is 0. The van der Waals surface area contributed by atoms with Crippen LogP contribution in [0.4, 0.5) is 0 Å². The molecule has 2 nitrogen and oxygen atoms in total. The maximum absolute atomic E-state index is 3.74. The Bertz CT molecular complexity index is 331. The van der Waals surface area contributed by atoms with Gasteiger partial charge in [-0.3, -0.25) is 0 Å². The number of hydrogen-bond acceptors (Lipinski definition) is 2. The lowest BCUT2D eigenvalue weighted by molar-refractivity contribution is 0.293. The predicted octanol–water partition coefficient (Wildman–Crippen LogP) is 4.10. The topological polar surface area (TPSA) is 15.3 Å². The van der Waals surface area contributed by atoms with E-state index in [9.17, 15) is 0 Å². The second-order valence-electron chi connectivity index (χ2n) is 5.93. The van der Waals surface area contributed by atoms with Crippen LogP contribution in [-0.4, -0.2) is 31.1 Å². The normalized spacial score (nSPS) is 13.1. The average molecular weight is 276 g/mol. The molecule has 0 saturated heterocycles. The highest BCUT2D eigenvalue weighted by molar-refractivity contribution is 5.18. The SMILES string of the molecule is CCN(CC)CCCNC(CC(C)C)c1ccccc1. The van der Waals surface area contributed by atoms with E-state index in [0.717, 1.165) is 25.6 Å². The van der Waals surface area contributed by atoms with Crippen molar-refractivity contribution in [3.05, 3.63) is 35.9 Å². The lowest BCUT2D eigenvalue weighted by atomic mass is 9.97. The van der Waals surface area contributed by atoms with Gasteiger partial charge in [-0.2, -0.15) is 0 Å². The lowest BCUT2D eigenvalue weighted by Gasteiger charge is -2.23. The second kappa shape index (κ2) is 9.95. The van der Waals surface area contributed by atoms with Crippen LogP contribution >= 0.6 is 0 Å². The maximum Gasteiger partial charge on any atom is 0.0322 e. The summed E-state index contributed by atoms with van der Waals surface area (Å²) >= 11 is 0. The smallest absolute Gasteiger partial charge is 0.0322 e. The summed E-state index contributed by atoms with van der Waals surface area (Å²) in [6.45, 7) is 13.7. The molecule has 0 saturated carbocycles. The summed E-state index contributed by atoms with van der Waals surface area (Å²) < 4.78 is 0. The number of nitrogens with zero attached hydrogens (tertiary/aromatic N) is 1. The minimum absolute atomic E-state index is 0.493. The molecule has 0 aliphatic heterocycles. The molecular formula is C18H32N2. The van der Waals surface area contributed by atoms with Gasteiger partial charge in [0.25, 0.3) is 0 Å². The molecule has 1 unspecified atom stereocenters. The molecule has 0 radical (unpaired) electrons. The first-order valence-electron chi connectivity index (χ1n) is 8.18. The molecule has 1 aromatic carbocycles. The molecule has 1 rings (SSSR count). The molecule has 0 bridgehead atoms. The molecule has 0 fully saturated rings. The Labute approximate surface area is 125 Å². The summed E-state index contributed by atoms with van der Waals surface area (Å²) in [6, 6.07) is 11.3. The summed E-state index contributed by atoms with van der Waals surface area (Å²) in [5, 5.41) is 3.74. The summed E-state index contributed by atoms with van der Waals surface area (Å²) in [5.41, 5.74) is 1.42. The Morgan fingerprint density at radius 3 is 2.25 bits per heavy atom. The summed E-state index contributed by atoms with van der Waals surface area (Å²) in [4.78, 5) is 2.49. The van der Waals surface area contributed by atoms with Crippen LogP contribution in [0, 0.1) is 5.92 Å². The van der Waals surface area contributed by atoms with E-state index in [1.165, 1.54) is 24.9 Å². The number of hydrogen-bond donors (Lipinski definition) is 1. The van der Waals surface area contributed by atoms with Crippen LogP contribution < -0.4 is 5.32 Å². The quantitative estimate of drug-likeness (QED) is 0.647. The van der Waals surface area contributed by atoms with Gasteiger partial charge in [0.05, 0.1) is 0 Å². The van der Waals surface area contributed by atoms with Gasteiger partial charge >= 0.3 is 0 Å². The van der Waals surface area contributed by atoms with E-state index in [1.807, 2.05) is 0 Å². The molecule has 0 aliphatic carbocycles. The Kier molecular flexibility index (Phi) is 8.56. The third-order valence-corrected chi connectivity index (χ3v) is 3.85. The van der Waals surface area contributed by atoms with Gasteiger partial charge in [0.1, 0.15) is 0 Å². The van der Waals surface area contributed by atoms with Crippen LogP contribution in [0.3, 0.4) is 0 Å². The van der Waals surface area contributed by atoms with Gasteiger partial charge in [-0.15, -0.1) is 0 Å². The molecule has 20 heavy (non-hydrogen) atoms. The largest absolute Gasteiger partial charge is 0.310 e. The monoisotopic (exact) mass is 276 g/mol. The first kappa shape index (κ1) is 17.2. The van der Waals surface area contributed by atoms with Crippen molar-refractivity contribution in [2.45, 2.75) is 46.6 Å². The summed E-state index contributed by atoms with van der Waals surface area (Å²) in [5.74, 6) is 0.718. The van der Waals surface area contributed by atoms with Gasteiger partial charge in [-0.05, 0) is 50.5 Å². The average Bonchev–Trinajstić information content (AvgIpc) is 2.46. The molecule has 0 aromatic heterocycles. The number of nitrogens with one attached hydrogen (secondary N) is 1. The van der Waals surface area contributed by atoms with Crippen molar-refractivity contribution in [1.82, 2.24) is 10.2 Å². The van der Waals surface area contributed by atoms with Gasteiger partial charge in [0.15, 0.2) is 0 Å². The fourth-order valence-electron chi connectivity index (χ4n) is 2.61. The molecule has 0 spiro atoms. The van der Waals surface area contributed by atoms with Crippen LogP contribution in [0.1, 0.15) is 52.1 Å². The fraction of sp³-hybridized carbons (Fsp3) is 0.667. The fourth-order valence-corrected chi connectivity index (χ4v) is 2.61. The van der Waals surface area contributed by atoms with Crippen molar-refractivity contribution in [1.29, 1.82) is 0 Å². The van der Waals surface area contributed by atoms with Gasteiger partial charge in [-0.25, -0.2) is 0 Å². The lowest BCUT2D eigenvalue weighted by Crippen LogP contribution is -2.29. The first-order chi connectivity index (χ1) is 9.67. The van der Waals surface area contributed by atoms with E-state index in [4.69, 9.17) is 0 Å².